The van der Waals surface area contributed by atoms with Crippen molar-refractivity contribution in [2.75, 3.05) is 13.1 Å². The minimum atomic E-state index is -0.737. The first-order valence-corrected chi connectivity index (χ1v) is 8.13. The van der Waals surface area contributed by atoms with Gasteiger partial charge in [-0.25, -0.2) is 0 Å². The van der Waals surface area contributed by atoms with Crippen molar-refractivity contribution < 1.29 is 14.7 Å². The van der Waals surface area contributed by atoms with Crippen molar-refractivity contribution in [1.82, 2.24) is 4.90 Å². The van der Waals surface area contributed by atoms with Crippen LogP contribution in [0.4, 0.5) is 0 Å². The van der Waals surface area contributed by atoms with Crippen LogP contribution in [0.25, 0.3) is 0 Å². The Bertz CT molecular complexity index is 356. The fraction of sp³-hybridized carbons (Fsp3) is 0.875. The molecule has 1 saturated heterocycles. The Kier molecular flexibility index (Phi) is 5.44. The zero-order valence-electron chi connectivity index (χ0n) is 12.5. The predicted octanol–water partition coefficient (Wildman–Crippen LogP) is 2.92. The van der Waals surface area contributed by atoms with Gasteiger partial charge in [-0.05, 0) is 44.4 Å². The van der Waals surface area contributed by atoms with Gasteiger partial charge >= 0.3 is 5.97 Å². The van der Waals surface area contributed by atoms with Crippen LogP contribution < -0.4 is 0 Å². The third-order valence-electron chi connectivity index (χ3n) is 4.99. The highest BCUT2D eigenvalue weighted by molar-refractivity contribution is 5.81. The summed E-state index contributed by atoms with van der Waals surface area (Å²) in [6, 6.07) is 0. The topological polar surface area (TPSA) is 57.6 Å². The quantitative estimate of drug-likeness (QED) is 0.862. The molecule has 4 heteroatoms. The monoisotopic (exact) mass is 281 g/mol. The molecule has 1 N–H and O–H groups in total. The molecule has 4 nitrogen and oxygen atoms in total. The van der Waals surface area contributed by atoms with Crippen molar-refractivity contribution in [3.8, 4) is 0 Å². The summed E-state index contributed by atoms with van der Waals surface area (Å²) in [6.07, 6.45) is 7.92. The number of hydrogen-bond acceptors (Lipinski definition) is 2. The van der Waals surface area contributed by atoms with Crippen LogP contribution >= 0.6 is 0 Å². The van der Waals surface area contributed by atoms with Crippen molar-refractivity contribution >= 4 is 11.9 Å². The van der Waals surface area contributed by atoms with Crippen molar-refractivity contribution in [1.29, 1.82) is 0 Å². The Labute approximate surface area is 121 Å². The maximum absolute atomic E-state index is 12.5. The molecule has 3 unspecified atom stereocenters. The molecule has 2 rings (SSSR count). The summed E-state index contributed by atoms with van der Waals surface area (Å²) in [4.78, 5) is 25.5. The number of carbonyl (C=O) groups excluding carboxylic acids is 1. The predicted molar refractivity (Wildman–Crippen MR) is 77.3 cm³/mol. The first-order chi connectivity index (χ1) is 9.61. The summed E-state index contributed by atoms with van der Waals surface area (Å²) in [5, 5.41) is 9.04. The first kappa shape index (κ1) is 15.3. The highest BCUT2D eigenvalue weighted by Gasteiger charge is 2.36. The van der Waals surface area contributed by atoms with E-state index in [0.717, 1.165) is 38.3 Å². The Morgan fingerprint density at radius 3 is 2.50 bits per heavy atom. The van der Waals surface area contributed by atoms with Gasteiger partial charge in [0.25, 0.3) is 0 Å². The zero-order valence-corrected chi connectivity index (χ0v) is 12.5. The molecule has 1 saturated carbocycles. The van der Waals surface area contributed by atoms with Gasteiger partial charge in [-0.2, -0.15) is 0 Å². The number of rotatable bonds is 4. The van der Waals surface area contributed by atoms with Gasteiger partial charge < -0.3 is 10.0 Å². The van der Waals surface area contributed by atoms with E-state index in [1.807, 2.05) is 4.90 Å². The minimum Gasteiger partial charge on any atom is -0.481 e. The second kappa shape index (κ2) is 7.09. The number of carbonyl (C=O) groups is 2. The van der Waals surface area contributed by atoms with Crippen molar-refractivity contribution in [3.05, 3.63) is 0 Å². The Hall–Kier alpha value is -1.06. The normalized spacial score (nSPS) is 31.1. The molecule has 1 aliphatic carbocycles. The molecular weight excluding hydrogens is 254 g/mol. The van der Waals surface area contributed by atoms with Gasteiger partial charge in [-0.1, -0.05) is 19.8 Å². The SMILES string of the molecule is CCCC1CCCN(C(=O)C2CCC(C(=O)O)C2)CC1. The molecule has 0 bridgehead atoms. The third-order valence-corrected chi connectivity index (χ3v) is 4.99. The summed E-state index contributed by atoms with van der Waals surface area (Å²) in [5.74, 6) is -0.0965. The highest BCUT2D eigenvalue weighted by Crippen LogP contribution is 2.33. The second-order valence-electron chi connectivity index (χ2n) is 6.46. The van der Waals surface area contributed by atoms with E-state index in [1.54, 1.807) is 0 Å². The zero-order chi connectivity index (χ0) is 14.5. The van der Waals surface area contributed by atoms with Gasteiger partial charge in [-0.3, -0.25) is 9.59 Å². The molecule has 1 amide bonds. The van der Waals surface area contributed by atoms with Crippen LogP contribution in [0.2, 0.25) is 0 Å². The van der Waals surface area contributed by atoms with Gasteiger partial charge in [-0.15, -0.1) is 0 Å². The van der Waals surface area contributed by atoms with E-state index >= 15 is 0 Å². The molecule has 0 aromatic carbocycles. The van der Waals surface area contributed by atoms with Crippen molar-refractivity contribution in [2.45, 2.75) is 58.3 Å². The highest BCUT2D eigenvalue weighted by atomic mass is 16.4. The Morgan fingerprint density at radius 2 is 1.85 bits per heavy atom. The average Bonchev–Trinajstić information content (AvgIpc) is 2.80. The molecule has 2 aliphatic rings. The van der Waals surface area contributed by atoms with E-state index in [1.165, 1.54) is 19.3 Å². The number of nitrogens with zero attached hydrogens (tertiary/aromatic N) is 1. The number of amides is 1. The van der Waals surface area contributed by atoms with E-state index < -0.39 is 5.97 Å². The second-order valence-corrected chi connectivity index (χ2v) is 6.46. The molecule has 114 valence electrons. The van der Waals surface area contributed by atoms with Gasteiger partial charge in [0.15, 0.2) is 0 Å². The molecule has 0 spiro atoms. The van der Waals surface area contributed by atoms with Crippen molar-refractivity contribution in [3.63, 3.8) is 0 Å². The standard InChI is InChI=1S/C16H27NO3/c1-2-4-12-5-3-9-17(10-8-12)15(18)13-6-7-14(11-13)16(19)20/h12-14H,2-11H2,1H3,(H,19,20). The van der Waals surface area contributed by atoms with Crippen LogP contribution in [0.3, 0.4) is 0 Å². The molecule has 0 radical (unpaired) electrons. The fourth-order valence-electron chi connectivity index (χ4n) is 3.77. The lowest BCUT2D eigenvalue weighted by Gasteiger charge is -2.24. The van der Waals surface area contributed by atoms with Gasteiger partial charge in [0.2, 0.25) is 5.91 Å². The molecule has 20 heavy (non-hydrogen) atoms. The van der Waals surface area contributed by atoms with Gasteiger partial charge in [0, 0.05) is 19.0 Å². The molecular formula is C16H27NO3. The molecule has 2 fully saturated rings. The summed E-state index contributed by atoms with van der Waals surface area (Å²) in [7, 11) is 0. The molecule has 3 atom stereocenters. The van der Waals surface area contributed by atoms with Crippen LogP contribution in [0.5, 0.6) is 0 Å². The van der Waals surface area contributed by atoms with Crippen LogP contribution in [0.15, 0.2) is 0 Å². The number of aliphatic carboxylic acids is 1. The third kappa shape index (κ3) is 3.74. The summed E-state index contributed by atoms with van der Waals surface area (Å²) >= 11 is 0. The van der Waals surface area contributed by atoms with Gasteiger partial charge in [0.05, 0.1) is 5.92 Å². The molecule has 1 aliphatic heterocycles. The fourth-order valence-corrected chi connectivity index (χ4v) is 3.77. The number of carboxylic acids is 1. The van der Waals surface area contributed by atoms with E-state index in [-0.39, 0.29) is 17.7 Å². The average molecular weight is 281 g/mol. The maximum Gasteiger partial charge on any atom is 0.306 e. The molecule has 1 heterocycles. The van der Waals surface area contributed by atoms with E-state index in [0.29, 0.717) is 12.8 Å². The van der Waals surface area contributed by atoms with Crippen molar-refractivity contribution in [2.24, 2.45) is 17.8 Å². The maximum atomic E-state index is 12.5. The van der Waals surface area contributed by atoms with E-state index in [4.69, 9.17) is 5.11 Å². The number of likely N-dealkylation sites (tertiary alicyclic amines) is 1. The number of hydrogen-bond donors (Lipinski definition) is 1. The van der Waals surface area contributed by atoms with Gasteiger partial charge in [0.1, 0.15) is 0 Å². The Morgan fingerprint density at radius 1 is 1.10 bits per heavy atom. The lowest BCUT2D eigenvalue weighted by atomic mass is 9.96. The molecule has 0 aromatic rings. The van der Waals surface area contributed by atoms with Crippen LogP contribution in [-0.2, 0) is 9.59 Å². The lowest BCUT2D eigenvalue weighted by molar-refractivity contribution is -0.141. The van der Waals surface area contributed by atoms with E-state index in [2.05, 4.69) is 6.92 Å². The van der Waals surface area contributed by atoms with Crippen LogP contribution in [0.1, 0.15) is 58.3 Å². The van der Waals surface area contributed by atoms with E-state index in [9.17, 15) is 9.59 Å². The lowest BCUT2D eigenvalue weighted by Crippen LogP contribution is -2.36. The largest absolute Gasteiger partial charge is 0.481 e. The Balaban J connectivity index is 1.85. The summed E-state index contributed by atoms with van der Waals surface area (Å²) < 4.78 is 0. The molecule has 0 aromatic heterocycles. The smallest absolute Gasteiger partial charge is 0.306 e. The van der Waals surface area contributed by atoms with Crippen LogP contribution in [-0.4, -0.2) is 35.0 Å². The summed E-state index contributed by atoms with van der Waals surface area (Å²) in [5.41, 5.74) is 0. The minimum absolute atomic E-state index is 0.0428. The first-order valence-electron chi connectivity index (χ1n) is 8.13. The summed E-state index contributed by atoms with van der Waals surface area (Å²) in [6.45, 7) is 3.96. The van der Waals surface area contributed by atoms with Crippen LogP contribution in [0, 0.1) is 17.8 Å². The number of carboxylic acid groups (broad SMARTS) is 1.